The van der Waals surface area contributed by atoms with Crippen molar-refractivity contribution in [3.63, 3.8) is 0 Å². The van der Waals surface area contributed by atoms with Crippen LogP contribution in [-0.4, -0.2) is 28.0 Å². The average molecular weight is 491 g/mol. The molecule has 2 aromatic heterocycles. The Bertz CT molecular complexity index is 1380. The number of nitro benzene ring substituents is 1. The Morgan fingerprint density at radius 1 is 1.29 bits per heavy atom. The first-order chi connectivity index (χ1) is 16.9. The highest BCUT2D eigenvalue weighted by molar-refractivity contribution is 7.17. The Labute approximate surface area is 205 Å². The molecule has 1 aliphatic carbocycles. The average Bonchev–Trinajstić information content (AvgIpc) is 3.46. The van der Waals surface area contributed by atoms with Crippen molar-refractivity contribution in [2.45, 2.75) is 32.6 Å². The Balaban J connectivity index is 1.65. The van der Waals surface area contributed by atoms with Gasteiger partial charge in [0.15, 0.2) is 0 Å². The third kappa shape index (κ3) is 5.00. The molecule has 3 aromatic rings. The fourth-order valence-corrected chi connectivity index (χ4v) is 5.32. The zero-order valence-electron chi connectivity index (χ0n) is 18.9. The molecule has 0 aliphatic heterocycles. The topological polar surface area (TPSA) is 127 Å². The van der Waals surface area contributed by atoms with Crippen LogP contribution in [0.3, 0.4) is 0 Å². The summed E-state index contributed by atoms with van der Waals surface area (Å²) in [6, 6.07) is 11.4. The summed E-state index contributed by atoms with van der Waals surface area (Å²) in [6.45, 7) is 1.94. The number of amides is 1. The number of hydrogen-bond donors (Lipinski definition) is 1. The number of nitrogens with one attached hydrogen (secondary N) is 1. The van der Waals surface area contributed by atoms with E-state index in [0.29, 0.717) is 21.9 Å². The summed E-state index contributed by atoms with van der Waals surface area (Å²) in [4.78, 5) is 37.4. The third-order valence-electron chi connectivity index (χ3n) is 5.63. The second kappa shape index (κ2) is 10.4. The number of non-ortho nitro benzene ring substituents is 1. The van der Waals surface area contributed by atoms with E-state index >= 15 is 0 Å². The number of nitriles is 1. The van der Waals surface area contributed by atoms with Gasteiger partial charge in [-0.2, -0.15) is 5.26 Å². The number of nitrogens with zero attached hydrogens (tertiary/aromatic N) is 3. The Morgan fingerprint density at radius 2 is 2.09 bits per heavy atom. The molecule has 178 valence electrons. The second-order valence-corrected chi connectivity index (χ2v) is 8.94. The Hall–Kier alpha value is -4.23. The molecule has 1 amide bonds. The van der Waals surface area contributed by atoms with E-state index in [9.17, 15) is 25.0 Å². The number of esters is 1. The number of ether oxygens (including phenoxy) is 1. The number of carbonyl (C=O) groups excluding carboxylic acids is 2. The quantitative estimate of drug-likeness (QED) is 0.162. The van der Waals surface area contributed by atoms with Gasteiger partial charge >= 0.3 is 5.97 Å². The fraction of sp³-hybridized carbons (Fsp3) is 0.240. The van der Waals surface area contributed by atoms with Crippen molar-refractivity contribution < 1.29 is 19.2 Å². The lowest BCUT2D eigenvalue weighted by Gasteiger charge is -2.12. The summed E-state index contributed by atoms with van der Waals surface area (Å²) in [5.74, 6) is -1.13. The lowest BCUT2D eigenvalue weighted by Crippen LogP contribution is -2.17. The lowest BCUT2D eigenvalue weighted by atomic mass is 9.95. The monoisotopic (exact) mass is 490 g/mol. The lowest BCUT2D eigenvalue weighted by molar-refractivity contribution is -0.384. The predicted octanol–water partition coefficient (Wildman–Crippen LogP) is 5.05. The molecule has 4 rings (SSSR count). The van der Waals surface area contributed by atoms with Crippen molar-refractivity contribution in [1.29, 1.82) is 5.26 Å². The minimum Gasteiger partial charge on any atom is -0.462 e. The standard InChI is InChI=1S/C25H22N4O5S/c1-2-34-25(31)22-20-10-3-4-11-21(20)35-24(22)27-23(30)16(15-26)13-17-9-6-12-28(17)18-7-5-8-19(14-18)29(32)33/h5-9,12-14H,2-4,10-11H2,1H3,(H,27,30)/b16-13+. The van der Waals surface area contributed by atoms with Crippen molar-refractivity contribution in [3.8, 4) is 11.8 Å². The number of carbonyl (C=O) groups is 2. The molecule has 0 saturated carbocycles. The summed E-state index contributed by atoms with van der Waals surface area (Å²) in [7, 11) is 0. The maximum atomic E-state index is 13.1. The number of hydrogen-bond acceptors (Lipinski definition) is 7. The molecule has 0 fully saturated rings. The van der Waals surface area contributed by atoms with E-state index in [-0.39, 0.29) is 17.9 Å². The van der Waals surface area contributed by atoms with E-state index in [2.05, 4.69) is 5.32 Å². The molecule has 9 nitrogen and oxygen atoms in total. The molecule has 0 spiro atoms. The van der Waals surface area contributed by atoms with Crippen molar-refractivity contribution in [3.05, 3.63) is 80.0 Å². The number of fused-ring (bicyclic) bond motifs is 1. The Morgan fingerprint density at radius 3 is 2.83 bits per heavy atom. The van der Waals surface area contributed by atoms with Crippen molar-refractivity contribution in [1.82, 2.24) is 4.57 Å². The van der Waals surface area contributed by atoms with Crippen LogP contribution in [0.2, 0.25) is 0 Å². The first-order valence-corrected chi connectivity index (χ1v) is 11.9. The highest BCUT2D eigenvalue weighted by atomic mass is 32.1. The summed E-state index contributed by atoms with van der Waals surface area (Å²) in [5, 5.41) is 24.0. The number of benzene rings is 1. The van der Waals surface area contributed by atoms with Crippen molar-refractivity contribution in [2.75, 3.05) is 11.9 Å². The van der Waals surface area contributed by atoms with Crippen LogP contribution in [0.25, 0.3) is 11.8 Å². The van der Waals surface area contributed by atoms with Crippen molar-refractivity contribution >= 4 is 40.0 Å². The molecular formula is C25H22N4O5S. The third-order valence-corrected chi connectivity index (χ3v) is 6.84. The largest absolute Gasteiger partial charge is 0.462 e. The molecule has 1 aromatic carbocycles. The van der Waals surface area contributed by atoms with E-state index < -0.39 is 16.8 Å². The van der Waals surface area contributed by atoms with Crippen LogP contribution in [0.4, 0.5) is 10.7 Å². The van der Waals surface area contributed by atoms with Crippen LogP contribution >= 0.6 is 11.3 Å². The van der Waals surface area contributed by atoms with E-state index in [1.165, 1.54) is 29.5 Å². The maximum absolute atomic E-state index is 13.1. The zero-order valence-corrected chi connectivity index (χ0v) is 19.8. The zero-order chi connectivity index (χ0) is 24.9. The molecule has 1 N–H and O–H groups in total. The second-order valence-electron chi connectivity index (χ2n) is 7.84. The number of aryl methyl sites for hydroxylation is 1. The molecule has 1 aliphatic rings. The van der Waals surface area contributed by atoms with Gasteiger partial charge < -0.3 is 14.6 Å². The van der Waals surface area contributed by atoms with E-state index in [1.807, 2.05) is 6.07 Å². The molecule has 0 unspecified atom stereocenters. The summed E-state index contributed by atoms with van der Waals surface area (Å²) in [5.41, 5.74) is 2.06. The van der Waals surface area contributed by atoms with Crippen LogP contribution in [0, 0.1) is 21.4 Å². The molecule has 2 heterocycles. The highest BCUT2D eigenvalue weighted by Crippen LogP contribution is 2.38. The van der Waals surface area contributed by atoms with E-state index in [4.69, 9.17) is 4.74 Å². The van der Waals surface area contributed by atoms with Gasteiger partial charge in [0, 0.05) is 28.9 Å². The predicted molar refractivity (Wildman–Crippen MR) is 132 cm³/mol. The molecule has 0 radical (unpaired) electrons. The van der Waals surface area contributed by atoms with Gasteiger partial charge in [-0.05, 0) is 62.4 Å². The van der Waals surface area contributed by atoms with Gasteiger partial charge in [-0.1, -0.05) is 6.07 Å². The minimum atomic E-state index is -0.650. The fourth-order valence-electron chi connectivity index (χ4n) is 4.04. The van der Waals surface area contributed by atoms with Gasteiger partial charge in [-0.3, -0.25) is 14.9 Å². The molecular weight excluding hydrogens is 468 g/mol. The van der Waals surface area contributed by atoms with Gasteiger partial charge in [0.05, 0.1) is 22.8 Å². The maximum Gasteiger partial charge on any atom is 0.341 e. The van der Waals surface area contributed by atoms with Gasteiger partial charge in [0.1, 0.15) is 16.6 Å². The summed E-state index contributed by atoms with van der Waals surface area (Å²) < 4.78 is 6.87. The first kappa shape index (κ1) is 23.9. The molecule has 10 heteroatoms. The summed E-state index contributed by atoms with van der Waals surface area (Å²) >= 11 is 1.35. The van der Waals surface area contributed by atoms with Crippen LogP contribution < -0.4 is 5.32 Å². The van der Waals surface area contributed by atoms with Crippen LogP contribution in [0.5, 0.6) is 0 Å². The first-order valence-electron chi connectivity index (χ1n) is 11.1. The number of rotatable bonds is 7. The molecule has 35 heavy (non-hydrogen) atoms. The summed E-state index contributed by atoms with van der Waals surface area (Å²) in [6.07, 6.45) is 6.64. The van der Waals surface area contributed by atoms with Crippen LogP contribution in [0.1, 0.15) is 46.3 Å². The van der Waals surface area contributed by atoms with E-state index in [1.54, 1.807) is 42.0 Å². The SMILES string of the molecule is CCOC(=O)c1c(NC(=O)/C(C#N)=C/c2cccn2-c2cccc([N+](=O)[O-])c2)sc2c1CCCC2. The number of thiophene rings is 1. The van der Waals surface area contributed by atoms with E-state index in [0.717, 1.165) is 36.1 Å². The highest BCUT2D eigenvalue weighted by Gasteiger charge is 2.28. The number of aromatic nitrogens is 1. The normalized spacial score (nSPS) is 13.0. The molecule has 0 saturated heterocycles. The molecule has 0 atom stereocenters. The van der Waals surface area contributed by atoms with Crippen LogP contribution in [-0.2, 0) is 22.4 Å². The van der Waals surface area contributed by atoms with Crippen molar-refractivity contribution in [2.24, 2.45) is 0 Å². The van der Waals surface area contributed by atoms with Crippen LogP contribution in [0.15, 0.2) is 48.2 Å². The van der Waals surface area contributed by atoms with Gasteiger partial charge in [0.25, 0.3) is 11.6 Å². The Kier molecular flexibility index (Phi) is 7.08. The van der Waals surface area contributed by atoms with Gasteiger partial charge in [-0.25, -0.2) is 4.79 Å². The minimum absolute atomic E-state index is 0.0717. The van der Waals surface area contributed by atoms with Gasteiger partial charge in [-0.15, -0.1) is 11.3 Å². The number of anilines is 1. The van der Waals surface area contributed by atoms with Gasteiger partial charge in [0.2, 0.25) is 0 Å². The smallest absolute Gasteiger partial charge is 0.341 e. The number of nitro groups is 1. The molecule has 0 bridgehead atoms.